The van der Waals surface area contributed by atoms with Gasteiger partial charge in [-0.1, -0.05) is 35.3 Å². The normalized spacial score (nSPS) is 10.7. The highest BCUT2D eigenvalue weighted by Gasteiger charge is 2.18. The van der Waals surface area contributed by atoms with E-state index in [9.17, 15) is 9.59 Å². The number of hydrogen-bond donors (Lipinski definition) is 2. The summed E-state index contributed by atoms with van der Waals surface area (Å²) in [5.74, 6) is -1.45. The fourth-order valence-corrected chi connectivity index (χ4v) is 3.79. The molecule has 0 unspecified atom stereocenters. The highest BCUT2D eigenvalue weighted by atomic mass is 35.5. The molecule has 1 aromatic heterocycles. The van der Waals surface area contributed by atoms with Gasteiger partial charge in [-0.05, 0) is 30.3 Å². The van der Waals surface area contributed by atoms with Crippen LogP contribution in [0.25, 0.3) is 10.1 Å². The zero-order valence-electron chi connectivity index (χ0n) is 11.5. The zero-order chi connectivity index (χ0) is 16.6. The Hall–Kier alpha value is -2.08. The molecule has 4 nitrogen and oxygen atoms in total. The molecule has 0 aliphatic rings. The molecule has 0 atom stereocenters. The summed E-state index contributed by atoms with van der Waals surface area (Å²) in [5.41, 5.74) is 0.485. The first-order chi connectivity index (χ1) is 11.0. The van der Waals surface area contributed by atoms with Gasteiger partial charge in [0.25, 0.3) is 5.91 Å². The lowest BCUT2D eigenvalue weighted by molar-refractivity contribution is 0.0696. The first-order valence-corrected chi connectivity index (χ1v) is 8.05. The van der Waals surface area contributed by atoms with Crippen molar-refractivity contribution in [1.82, 2.24) is 0 Å². The third-order valence-corrected chi connectivity index (χ3v) is 5.06. The number of carbonyl (C=O) groups excluding carboxylic acids is 1. The Morgan fingerprint density at radius 2 is 1.87 bits per heavy atom. The summed E-state index contributed by atoms with van der Waals surface area (Å²) in [7, 11) is 0. The van der Waals surface area contributed by atoms with Crippen LogP contribution in [0.5, 0.6) is 0 Å². The Morgan fingerprint density at radius 1 is 1.09 bits per heavy atom. The number of anilines is 1. The third kappa shape index (κ3) is 3.17. The van der Waals surface area contributed by atoms with E-state index in [1.165, 1.54) is 23.5 Å². The highest BCUT2D eigenvalue weighted by molar-refractivity contribution is 7.21. The van der Waals surface area contributed by atoms with Crippen LogP contribution in [0.2, 0.25) is 10.0 Å². The second-order valence-electron chi connectivity index (χ2n) is 4.73. The fraction of sp³-hybridized carbons (Fsp3) is 0. The van der Waals surface area contributed by atoms with Crippen LogP contribution in [-0.2, 0) is 0 Å². The van der Waals surface area contributed by atoms with Crippen molar-refractivity contribution in [2.75, 3.05) is 5.32 Å². The Balaban J connectivity index is 1.93. The molecule has 2 N–H and O–H groups in total. The molecule has 23 heavy (non-hydrogen) atoms. The lowest BCUT2D eigenvalue weighted by Crippen LogP contribution is -2.11. The number of carboxylic acids is 1. The lowest BCUT2D eigenvalue weighted by Gasteiger charge is -2.05. The summed E-state index contributed by atoms with van der Waals surface area (Å²) in [5, 5.41) is 13.3. The minimum atomic E-state index is -1.06. The second kappa shape index (κ2) is 6.20. The smallest absolute Gasteiger partial charge is 0.335 e. The van der Waals surface area contributed by atoms with Crippen molar-refractivity contribution < 1.29 is 14.7 Å². The van der Waals surface area contributed by atoms with Crippen LogP contribution in [0, 0.1) is 0 Å². The van der Waals surface area contributed by atoms with Gasteiger partial charge in [-0.3, -0.25) is 4.79 Å². The van der Waals surface area contributed by atoms with Gasteiger partial charge in [0.15, 0.2) is 0 Å². The Morgan fingerprint density at radius 3 is 2.61 bits per heavy atom. The largest absolute Gasteiger partial charge is 0.478 e. The van der Waals surface area contributed by atoms with Gasteiger partial charge in [0, 0.05) is 20.8 Å². The van der Waals surface area contributed by atoms with E-state index in [0.717, 1.165) is 10.1 Å². The quantitative estimate of drug-likeness (QED) is 0.673. The minimum Gasteiger partial charge on any atom is -0.478 e. The predicted octanol–water partition coefficient (Wildman–Crippen LogP) is 5.16. The van der Waals surface area contributed by atoms with E-state index in [4.69, 9.17) is 28.3 Å². The molecule has 0 aliphatic heterocycles. The van der Waals surface area contributed by atoms with E-state index in [1.807, 2.05) is 0 Å². The maximum atomic E-state index is 12.4. The van der Waals surface area contributed by atoms with E-state index in [-0.39, 0.29) is 5.56 Å². The number of aromatic carboxylic acids is 1. The van der Waals surface area contributed by atoms with Gasteiger partial charge in [-0.25, -0.2) is 4.79 Å². The Bertz CT molecular complexity index is 936. The van der Waals surface area contributed by atoms with Crippen molar-refractivity contribution in [3.05, 3.63) is 63.0 Å². The Kier molecular flexibility index (Phi) is 4.26. The van der Waals surface area contributed by atoms with Crippen molar-refractivity contribution in [3.63, 3.8) is 0 Å². The van der Waals surface area contributed by atoms with Crippen molar-refractivity contribution >= 4 is 62.2 Å². The minimum absolute atomic E-state index is 0.0945. The molecular weight excluding hydrogens is 357 g/mol. The average Bonchev–Trinajstić information content (AvgIpc) is 2.84. The molecule has 3 aromatic rings. The summed E-state index contributed by atoms with van der Waals surface area (Å²) in [6.45, 7) is 0. The summed E-state index contributed by atoms with van der Waals surface area (Å²) in [6.07, 6.45) is 0. The number of hydrogen-bond acceptors (Lipinski definition) is 3. The van der Waals surface area contributed by atoms with E-state index in [1.54, 1.807) is 30.3 Å². The van der Waals surface area contributed by atoms with Crippen molar-refractivity contribution in [1.29, 1.82) is 0 Å². The number of fused-ring (bicyclic) bond motifs is 1. The zero-order valence-corrected chi connectivity index (χ0v) is 13.8. The first-order valence-electron chi connectivity index (χ1n) is 6.48. The average molecular weight is 366 g/mol. The number of carboxylic acid groups (broad SMARTS) is 1. The number of halogens is 2. The van der Waals surface area contributed by atoms with Crippen molar-refractivity contribution in [2.45, 2.75) is 0 Å². The molecular formula is C16H9Cl2NO3S. The maximum absolute atomic E-state index is 12.4. The molecule has 0 aliphatic carbocycles. The van der Waals surface area contributed by atoms with E-state index >= 15 is 0 Å². The number of rotatable bonds is 3. The molecule has 1 amide bonds. The van der Waals surface area contributed by atoms with Crippen LogP contribution >= 0.6 is 34.5 Å². The van der Waals surface area contributed by atoms with Crippen LogP contribution in [0.1, 0.15) is 20.0 Å². The molecule has 3 rings (SSSR count). The third-order valence-electron chi connectivity index (χ3n) is 3.17. The number of carbonyl (C=O) groups is 2. The van der Waals surface area contributed by atoms with Gasteiger partial charge >= 0.3 is 5.97 Å². The van der Waals surface area contributed by atoms with Crippen LogP contribution < -0.4 is 5.32 Å². The molecule has 0 spiro atoms. The van der Waals surface area contributed by atoms with Gasteiger partial charge in [0.1, 0.15) is 4.88 Å². The van der Waals surface area contributed by atoms with Crippen LogP contribution in [0.3, 0.4) is 0 Å². The van der Waals surface area contributed by atoms with Crippen LogP contribution in [0.15, 0.2) is 42.5 Å². The lowest BCUT2D eigenvalue weighted by atomic mass is 10.2. The van der Waals surface area contributed by atoms with E-state index < -0.39 is 11.9 Å². The molecule has 0 bridgehead atoms. The molecule has 0 fully saturated rings. The molecule has 7 heteroatoms. The van der Waals surface area contributed by atoms with Gasteiger partial charge in [0.2, 0.25) is 0 Å². The van der Waals surface area contributed by atoms with Crippen molar-refractivity contribution in [2.24, 2.45) is 0 Å². The van der Waals surface area contributed by atoms with Crippen LogP contribution in [0.4, 0.5) is 5.69 Å². The second-order valence-corrected chi connectivity index (χ2v) is 6.59. The molecule has 0 radical (unpaired) electrons. The monoisotopic (exact) mass is 365 g/mol. The SMILES string of the molecule is O=C(O)c1cccc(NC(=O)c2sc3cc(Cl)ccc3c2Cl)c1. The summed E-state index contributed by atoms with van der Waals surface area (Å²) in [6, 6.07) is 11.2. The Labute approximate surface area is 145 Å². The highest BCUT2D eigenvalue weighted by Crippen LogP contribution is 2.37. The van der Waals surface area contributed by atoms with Gasteiger partial charge < -0.3 is 10.4 Å². The molecule has 2 aromatic carbocycles. The molecule has 116 valence electrons. The van der Waals surface area contributed by atoms with Gasteiger partial charge in [-0.15, -0.1) is 11.3 Å². The topological polar surface area (TPSA) is 66.4 Å². The molecule has 1 heterocycles. The van der Waals surface area contributed by atoms with E-state index in [0.29, 0.717) is 20.6 Å². The van der Waals surface area contributed by atoms with Gasteiger partial charge in [-0.2, -0.15) is 0 Å². The van der Waals surface area contributed by atoms with E-state index in [2.05, 4.69) is 5.32 Å². The summed E-state index contributed by atoms with van der Waals surface area (Å²) in [4.78, 5) is 23.7. The van der Waals surface area contributed by atoms with Gasteiger partial charge in [0.05, 0.1) is 10.6 Å². The number of thiophene rings is 1. The molecule has 0 saturated heterocycles. The summed E-state index contributed by atoms with van der Waals surface area (Å²) < 4.78 is 0.812. The number of amides is 1. The number of benzene rings is 2. The fourth-order valence-electron chi connectivity index (χ4n) is 2.10. The standard InChI is InChI=1S/C16H9Cl2NO3S/c17-9-4-5-11-12(7-9)23-14(13(11)18)15(20)19-10-3-1-2-8(6-10)16(21)22/h1-7H,(H,19,20)(H,21,22). The maximum Gasteiger partial charge on any atom is 0.335 e. The first kappa shape index (κ1) is 15.8. The van der Waals surface area contributed by atoms with Crippen molar-refractivity contribution in [3.8, 4) is 0 Å². The van der Waals surface area contributed by atoms with Crippen LogP contribution in [-0.4, -0.2) is 17.0 Å². The number of nitrogens with one attached hydrogen (secondary N) is 1. The molecule has 0 saturated carbocycles. The summed E-state index contributed by atoms with van der Waals surface area (Å²) >= 11 is 13.4. The predicted molar refractivity (Wildman–Crippen MR) is 93.2 cm³/mol.